The molecule has 5 nitrogen and oxygen atoms in total. The molecule has 1 aromatic carbocycles. The van der Waals surface area contributed by atoms with Gasteiger partial charge < -0.3 is 10.1 Å². The van der Waals surface area contributed by atoms with Gasteiger partial charge >= 0.3 is 5.97 Å². The fourth-order valence-electron chi connectivity index (χ4n) is 1.98. The number of hydrogen-bond acceptors (Lipinski definition) is 4. The smallest absolute Gasteiger partial charge is 0.332 e. The summed E-state index contributed by atoms with van der Waals surface area (Å²) in [5.74, 6) is -0.803. The number of ether oxygens (including phenoxy) is 1. The average Bonchev–Trinajstić information content (AvgIpc) is 2.94. The molecule has 0 saturated carbocycles. The van der Waals surface area contributed by atoms with Gasteiger partial charge in [-0.05, 0) is 38.5 Å². The molecule has 0 amide bonds. The van der Waals surface area contributed by atoms with E-state index in [4.69, 9.17) is 4.74 Å². The zero-order valence-electron chi connectivity index (χ0n) is 13.1. The summed E-state index contributed by atoms with van der Waals surface area (Å²) in [5, 5.41) is 7.35. The van der Waals surface area contributed by atoms with E-state index in [9.17, 15) is 9.18 Å². The maximum Gasteiger partial charge on any atom is 0.332 e. The van der Waals surface area contributed by atoms with Crippen molar-refractivity contribution in [3.63, 3.8) is 0 Å². The van der Waals surface area contributed by atoms with Crippen molar-refractivity contribution >= 4 is 11.7 Å². The molecule has 0 bridgehead atoms. The summed E-state index contributed by atoms with van der Waals surface area (Å²) in [4.78, 5) is 12.0. The predicted octanol–water partition coefficient (Wildman–Crippen LogP) is 3.10. The third kappa shape index (κ3) is 3.63. The molecule has 1 atom stereocenters. The van der Waals surface area contributed by atoms with Crippen LogP contribution in [0.2, 0.25) is 0 Å². The number of nitrogens with one attached hydrogen (secondary N) is 1. The van der Waals surface area contributed by atoms with Crippen molar-refractivity contribution in [2.45, 2.75) is 32.4 Å². The van der Waals surface area contributed by atoms with Crippen LogP contribution in [0, 0.1) is 5.82 Å². The molecule has 2 rings (SSSR count). The van der Waals surface area contributed by atoms with E-state index in [1.807, 2.05) is 27.0 Å². The molecule has 22 heavy (non-hydrogen) atoms. The molecule has 118 valence electrons. The van der Waals surface area contributed by atoms with Crippen LogP contribution in [0.1, 0.15) is 32.4 Å². The number of methoxy groups -OCH3 is 1. The third-order valence-corrected chi connectivity index (χ3v) is 3.22. The van der Waals surface area contributed by atoms with Crippen LogP contribution < -0.4 is 5.32 Å². The number of carbonyl (C=O) groups excluding carboxylic acids is 1. The Labute approximate surface area is 129 Å². The fraction of sp³-hybridized carbons (Fsp3) is 0.375. The Morgan fingerprint density at radius 1 is 1.32 bits per heavy atom. The highest BCUT2D eigenvalue weighted by molar-refractivity contribution is 5.80. The van der Waals surface area contributed by atoms with Gasteiger partial charge in [-0.25, -0.2) is 9.18 Å². The summed E-state index contributed by atoms with van der Waals surface area (Å²) in [5.41, 5.74) is 1.16. The van der Waals surface area contributed by atoms with E-state index in [-0.39, 0.29) is 11.4 Å². The van der Waals surface area contributed by atoms with Gasteiger partial charge in [0.25, 0.3) is 0 Å². The second-order valence-electron chi connectivity index (χ2n) is 6.00. The average molecular weight is 305 g/mol. The van der Waals surface area contributed by atoms with Gasteiger partial charge in [0.1, 0.15) is 5.82 Å². The molecule has 2 aromatic rings. The number of benzene rings is 1. The van der Waals surface area contributed by atoms with Gasteiger partial charge in [-0.15, -0.1) is 0 Å². The third-order valence-electron chi connectivity index (χ3n) is 3.22. The molecule has 0 aliphatic rings. The largest absolute Gasteiger partial charge is 0.467 e. The van der Waals surface area contributed by atoms with Crippen LogP contribution >= 0.6 is 0 Å². The molecule has 1 aromatic heterocycles. The maximum absolute atomic E-state index is 13.0. The summed E-state index contributed by atoms with van der Waals surface area (Å²) in [6.45, 7) is 6.09. The Kier molecular flexibility index (Phi) is 4.49. The van der Waals surface area contributed by atoms with Gasteiger partial charge in [-0.2, -0.15) is 5.10 Å². The summed E-state index contributed by atoms with van der Waals surface area (Å²) < 4.78 is 19.7. The first-order valence-electron chi connectivity index (χ1n) is 6.96. The lowest BCUT2D eigenvalue weighted by Crippen LogP contribution is -2.23. The summed E-state index contributed by atoms with van der Waals surface area (Å²) >= 11 is 0. The number of hydrogen-bond donors (Lipinski definition) is 1. The molecule has 1 heterocycles. The first kappa shape index (κ1) is 16.0. The molecular weight excluding hydrogens is 285 g/mol. The molecule has 0 aliphatic carbocycles. The molecular formula is C16H20FN3O2. The molecule has 0 unspecified atom stereocenters. The van der Waals surface area contributed by atoms with Crippen LogP contribution in [0.15, 0.2) is 36.7 Å². The molecule has 1 N–H and O–H groups in total. The van der Waals surface area contributed by atoms with E-state index < -0.39 is 12.0 Å². The summed E-state index contributed by atoms with van der Waals surface area (Å²) in [7, 11) is 1.32. The maximum atomic E-state index is 13.0. The number of nitrogens with zero attached hydrogens (tertiary/aromatic N) is 2. The van der Waals surface area contributed by atoms with Crippen molar-refractivity contribution < 1.29 is 13.9 Å². The molecule has 0 saturated heterocycles. The highest BCUT2D eigenvalue weighted by Gasteiger charge is 2.23. The van der Waals surface area contributed by atoms with Crippen molar-refractivity contribution in [3.05, 3.63) is 48.0 Å². The normalized spacial score (nSPS) is 12.8. The molecule has 0 radical (unpaired) electrons. The highest BCUT2D eigenvalue weighted by atomic mass is 19.1. The van der Waals surface area contributed by atoms with Gasteiger partial charge in [0.15, 0.2) is 6.04 Å². The fourth-order valence-corrected chi connectivity index (χ4v) is 1.98. The van der Waals surface area contributed by atoms with Crippen molar-refractivity contribution in [3.8, 4) is 0 Å². The van der Waals surface area contributed by atoms with Gasteiger partial charge in [0, 0.05) is 6.20 Å². The number of anilines is 1. The zero-order valence-corrected chi connectivity index (χ0v) is 13.1. The van der Waals surface area contributed by atoms with Crippen molar-refractivity contribution in [1.29, 1.82) is 0 Å². The van der Waals surface area contributed by atoms with E-state index in [0.717, 1.165) is 0 Å². The van der Waals surface area contributed by atoms with Crippen LogP contribution in [0.4, 0.5) is 10.1 Å². The quantitative estimate of drug-likeness (QED) is 0.882. The second kappa shape index (κ2) is 6.17. The van der Waals surface area contributed by atoms with Crippen LogP contribution in [0.25, 0.3) is 0 Å². The predicted molar refractivity (Wildman–Crippen MR) is 82.0 cm³/mol. The minimum atomic E-state index is -0.719. The Bertz CT molecular complexity index is 644. The molecule has 6 heteroatoms. The van der Waals surface area contributed by atoms with Gasteiger partial charge in [0.2, 0.25) is 0 Å². The van der Waals surface area contributed by atoms with Gasteiger partial charge in [0.05, 0.1) is 24.5 Å². The van der Waals surface area contributed by atoms with Crippen LogP contribution in [0.5, 0.6) is 0 Å². The Morgan fingerprint density at radius 2 is 1.95 bits per heavy atom. The van der Waals surface area contributed by atoms with Gasteiger partial charge in [-0.3, -0.25) is 4.68 Å². The molecule has 0 spiro atoms. The number of carbonyl (C=O) groups is 1. The monoisotopic (exact) mass is 305 g/mol. The molecule has 0 aliphatic heterocycles. The second-order valence-corrected chi connectivity index (χ2v) is 6.00. The zero-order chi connectivity index (χ0) is 16.3. The van der Waals surface area contributed by atoms with Crippen LogP contribution in [0.3, 0.4) is 0 Å². The van der Waals surface area contributed by atoms with Gasteiger partial charge in [-0.1, -0.05) is 12.1 Å². The highest BCUT2D eigenvalue weighted by Crippen LogP contribution is 2.23. The van der Waals surface area contributed by atoms with E-state index >= 15 is 0 Å². The minimum Gasteiger partial charge on any atom is -0.467 e. The van der Waals surface area contributed by atoms with Crippen molar-refractivity contribution in [1.82, 2.24) is 9.78 Å². The summed E-state index contributed by atoms with van der Waals surface area (Å²) in [6, 6.07) is 5.01. The lowest BCUT2D eigenvalue weighted by atomic mass is 10.1. The van der Waals surface area contributed by atoms with Crippen LogP contribution in [-0.4, -0.2) is 22.9 Å². The standard InChI is InChI=1S/C16H20FN3O2/c1-16(2,3)20-10-13(9-18-20)19-14(15(21)22-4)11-5-7-12(17)8-6-11/h5-10,14,19H,1-4H3/t14-/m0/s1. The number of halogens is 1. The van der Waals surface area contributed by atoms with Crippen LogP contribution in [-0.2, 0) is 15.1 Å². The van der Waals surface area contributed by atoms with E-state index in [2.05, 4.69) is 10.4 Å². The Balaban J connectivity index is 2.26. The minimum absolute atomic E-state index is 0.156. The number of aromatic nitrogens is 2. The first-order valence-corrected chi connectivity index (χ1v) is 6.96. The topological polar surface area (TPSA) is 56.1 Å². The van der Waals surface area contributed by atoms with Crippen molar-refractivity contribution in [2.24, 2.45) is 0 Å². The SMILES string of the molecule is COC(=O)[C@@H](Nc1cnn(C(C)(C)C)c1)c1ccc(F)cc1. The van der Waals surface area contributed by atoms with E-state index in [1.54, 1.807) is 23.0 Å². The lowest BCUT2D eigenvalue weighted by molar-refractivity contribution is -0.141. The van der Waals surface area contributed by atoms with Crippen molar-refractivity contribution in [2.75, 3.05) is 12.4 Å². The number of esters is 1. The first-order chi connectivity index (χ1) is 10.3. The Hall–Kier alpha value is -2.37. The Morgan fingerprint density at radius 3 is 2.45 bits per heavy atom. The molecule has 0 fully saturated rings. The van der Waals surface area contributed by atoms with E-state index in [0.29, 0.717) is 11.3 Å². The number of rotatable bonds is 4. The lowest BCUT2D eigenvalue weighted by Gasteiger charge is -2.19. The van der Waals surface area contributed by atoms with E-state index in [1.165, 1.54) is 19.2 Å². The summed E-state index contributed by atoms with van der Waals surface area (Å²) in [6.07, 6.45) is 3.46.